The molecule has 0 atom stereocenters. The summed E-state index contributed by atoms with van der Waals surface area (Å²) in [6.45, 7) is -0.614. The molecule has 0 spiro atoms. The molecule has 8 heteroatoms. The molecule has 0 aliphatic carbocycles. The van der Waals surface area contributed by atoms with Crippen LogP contribution in [0, 0.1) is 0 Å². The molecule has 1 aromatic carbocycles. The van der Waals surface area contributed by atoms with Crippen LogP contribution >= 0.6 is 11.6 Å². The van der Waals surface area contributed by atoms with Crippen molar-refractivity contribution in [2.75, 3.05) is 13.6 Å². The minimum Gasteiger partial charge on any atom is -0.207 e. The van der Waals surface area contributed by atoms with Crippen LogP contribution in [-0.4, -0.2) is 32.5 Å². The molecule has 1 aromatic rings. The Hall–Kier alpha value is -0.790. The molecule has 0 saturated heterocycles. The van der Waals surface area contributed by atoms with E-state index in [0.717, 1.165) is 7.05 Å². The standard InChI is InChI=1S/C11H13ClF3NO2S/c1-16(6-5-11(13,14)15)19(17,18)10-4-2-3-9(7-10)8-12/h2-4,7H,5-6,8H2,1H3. The van der Waals surface area contributed by atoms with E-state index in [2.05, 4.69) is 0 Å². The minimum absolute atomic E-state index is 0.0599. The number of sulfonamides is 1. The summed E-state index contributed by atoms with van der Waals surface area (Å²) in [7, 11) is -2.80. The minimum atomic E-state index is -4.39. The van der Waals surface area contributed by atoms with Gasteiger partial charge >= 0.3 is 6.18 Å². The van der Waals surface area contributed by atoms with Crippen LogP contribution in [-0.2, 0) is 15.9 Å². The predicted octanol–water partition coefficient (Wildman–Crippen LogP) is 3.00. The second kappa shape index (κ2) is 6.11. The van der Waals surface area contributed by atoms with Gasteiger partial charge in [-0.15, -0.1) is 11.6 Å². The number of halogens is 4. The van der Waals surface area contributed by atoms with E-state index >= 15 is 0 Å². The Morgan fingerprint density at radius 3 is 2.47 bits per heavy atom. The third kappa shape index (κ3) is 4.67. The summed E-state index contributed by atoms with van der Waals surface area (Å²) in [5.74, 6) is 0.135. The summed E-state index contributed by atoms with van der Waals surface area (Å²) in [6.07, 6.45) is -5.57. The molecule has 0 heterocycles. The molecule has 19 heavy (non-hydrogen) atoms. The second-order valence-electron chi connectivity index (χ2n) is 3.97. The first kappa shape index (κ1) is 16.3. The van der Waals surface area contributed by atoms with Crippen molar-refractivity contribution in [2.24, 2.45) is 0 Å². The van der Waals surface area contributed by atoms with Crippen molar-refractivity contribution in [3.63, 3.8) is 0 Å². The summed E-state index contributed by atoms with van der Waals surface area (Å²) in [5.41, 5.74) is 0.590. The highest BCUT2D eigenvalue weighted by molar-refractivity contribution is 7.89. The Labute approximate surface area is 115 Å². The van der Waals surface area contributed by atoms with Gasteiger partial charge in [-0.2, -0.15) is 13.2 Å². The Bertz CT molecular complexity index is 531. The molecule has 108 valence electrons. The molecule has 0 fully saturated rings. The first-order valence-electron chi connectivity index (χ1n) is 5.35. The van der Waals surface area contributed by atoms with Crippen molar-refractivity contribution in [3.05, 3.63) is 29.8 Å². The smallest absolute Gasteiger partial charge is 0.207 e. The quantitative estimate of drug-likeness (QED) is 0.783. The van der Waals surface area contributed by atoms with Crippen LogP contribution in [0.15, 0.2) is 29.2 Å². The van der Waals surface area contributed by atoms with E-state index in [9.17, 15) is 21.6 Å². The van der Waals surface area contributed by atoms with Crippen molar-refractivity contribution < 1.29 is 21.6 Å². The van der Waals surface area contributed by atoms with Crippen LogP contribution in [0.5, 0.6) is 0 Å². The summed E-state index contributed by atoms with van der Waals surface area (Å²) in [6, 6.07) is 5.83. The van der Waals surface area contributed by atoms with Crippen LogP contribution in [0.25, 0.3) is 0 Å². The number of nitrogens with zero attached hydrogens (tertiary/aromatic N) is 1. The zero-order chi connectivity index (χ0) is 14.7. The third-order valence-corrected chi connectivity index (χ3v) is 4.63. The fourth-order valence-corrected chi connectivity index (χ4v) is 2.78. The lowest BCUT2D eigenvalue weighted by atomic mass is 10.2. The zero-order valence-electron chi connectivity index (χ0n) is 10.1. The molecule has 0 radical (unpaired) electrons. The normalized spacial score (nSPS) is 12.9. The maximum absolute atomic E-state index is 12.1. The third-order valence-electron chi connectivity index (χ3n) is 2.47. The number of hydrogen-bond donors (Lipinski definition) is 0. The SMILES string of the molecule is CN(CCC(F)(F)F)S(=O)(=O)c1cccc(CCl)c1. The van der Waals surface area contributed by atoms with Gasteiger partial charge in [-0.3, -0.25) is 0 Å². The van der Waals surface area contributed by atoms with Crippen molar-refractivity contribution >= 4 is 21.6 Å². The van der Waals surface area contributed by atoms with E-state index in [1.165, 1.54) is 18.2 Å². The number of alkyl halides is 4. The number of benzene rings is 1. The van der Waals surface area contributed by atoms with Crippen LogP contribution in [0.3, 0.4) is 0 Å². The summed E-state index contributed by atoms with van der Waals surface area (Å²) < 4.78 is 61.0. The van der Waals surface area contributed by atoms with Gasteiger partial charge in [0.2, 0.25) is 10.0 Å². The van der Waals surface area contributed by atoms with Gasteiger partial charge in [0.15, 0.2) is 0 Å². The molecule has 0 aliphatic rings. The Balaban J connectivity index is 2.90. The van der Waals surface area contributed by atoms with E-state index in [1.807, 2.05) is 0 Å². The highest BCUT2D eigenvalue weighted by Crippen LogP contribution is 2.22. The number of hydrogen-bond acceptors (Lipinski definition) is 2. The van der Waals surface area contributed by atoms with Crippen LogP contribution in [0.2, 0.25) is 0 Å². The summed E-state index contributed by atoms with van der Waals surface area (Å²) >= 11 is 5.59. The van der Waals surface area contributed by atoms with Crippen molar-refractivity contribution in [3.8, 4) is 0 Å². The Kier molecular flexibility index (Phi) is 5.23. The molecule has 0 saturated carbocycles. The highest BCUT2D eigenvalue weighted by atomic mass is 35.5. The lowest BCUT2D eigenvalue weighted by Crippen LogP contribution is -2.30. The van der Waals surface area contributed by atoms with E-state index in [-0.39, 0.29) is 10.8 Å². The van der Waals surface area contributed by atoms with Gasteiger partial charge in [-0.05, 0) is 17.7 Å². The predicted molar refractivity (Wildman–Crippen MR) is 66.5 cm³/mol. The fourth-order valence-electron chi connectivity index (χ4n) is 1.37. The first-order chi connectivity index (χ1) is 8.66. The Morgan fingerprint density at radius 2 is 1.95 bits per heavy atom. The molecular weight excluding hydrogens is 303 g/mol. The van der Waals surface area contributed by atoms with E-state index in [1.54, 1.807) is 6.07 Å². The van der Waals surface area contributed by atoms with Gasteiger partial charge < -0.3 is 0 Å². The highest BCUT2D eigenvalue weighted by Gasteiger charge is 2.30. The zero-order valence-corrected chi connectivity index (χ0v) is 11.7. The average Bonchev–Trinajstić information content (AvgIpc) is 2.35. The van der Waals surface area contributed by atoms with Gasteiger partial charge in [0.25, 0.3) is 0 Å². The Morgan fingerprint density at radius 1 is 1.32 bits per heavy atom. The molecule has 0 bridgehead atoms. The molecule has 0 amide bonds. The fraction of sp³-hybridized carbons (Fsp3) is 0.455. The molecule has 3 nitrogen and oxygen atoms in total. The molecule has 1 rings (SSSR count). The van der Waals surface area contributed by atoms with E-state index in [0.29, 0.717) is 9.87 Å². The van der Waals surface area contributed by atoms with Gasteiger partial charge in [0, 0.05) is 19.5 Å². The van der Waals surface area contributed by atoms with Crippen LogP contribution < -0.4 is 0 Å². The average molecular weight is 316 g/mol. The van der Waals surface area contributed by atoms with Gasteiger partial charge in [0.05, 0.1) is 11.3 Å². The summed E-state index contributed by atoms with van der Waals surface area (Å²) in [4.78, 5) is -0.0599. The summed E-state index contributed by atoms with van der Waals surface area (Å²) in [5, 5.41) is 0. The maximum Gasteiger partial charge on any atom is 0.390 e. The van der Waals surface area contributed by atoms with Gasteiger partial charge in [-0.1, -0.05) is 12.1 Å². The lowest BCUT2D eigenvalue weighted by molar-refractivity contribution is -0.135. The molecule has 0 N–H and O–H groups in total. The van der Waals surface area contributed by atoms with Crippen LogP contribution in [0.1, 0.15) is 12.0 Å². The van der Waals surface area contributed by atoms with Gasteiger partial charge in [-0.25, -0.2) is 12.7 Å². The molecule has 0 aliphatic heterocycles. The van der Waals surface area contributed by atoms with E-state index in [4.69, 9.17) is 11.6 Å². The number of rotatable bonds is 5. The van der Waals surface area contributed by atoms with Crippen LogP contribution in [0.4, 0.5) is 13.2 Å². The molecule has 0 unspecified atom stereocenters. The lowest BCUT2D eigenvalue weighted by Gasteiger charge is -2.18. The molecular formula is C11H13ClF3NO2S. The van der Waals surface area contributed by atoms with E-state index < -0.39 is 29.2 Å². The first-order valence-corrected chi connectivity index (χ1v) is 7.32. The monoisotopic (exact) mass is 315 g/mol. The van der Waals surface area contributed by atoms with Gasteiger partial charge in [0.1, 0.15) is 0 Å². The van der Waals surface area contributed by atoms with Crippen molar-refractivity contribution in [2.45, 2.75) is 23.4 Å². The largest absolute Gasteiger partial charge is 0.390 e. The van der Waals surface area contributed by atoms with Crippen molar-refractivity contribution in [1.29, 1.82) is 0 Å². The maximum atomic E-state index is 12.1. The molecule has 0 aromatic heterocycles. The second-order valence-corrected chi connectivity index (χ2v) is 6.28. The van der Waals surface area contributed by atoms with Crippen molar-refractivity contribution in [1.82, 2.24) is 4.31 Å². The topological polar surface area (TPSA) is 37.4 Å².